The average Bonchev–Trinajstić information content (AvgIpc) is 2.67. The SMILES string of the molecule is COc1c(/C=C/C(=O)OCCC(C)C)cc([Si](O[Si](C)(C)C)O[Si](C)(C)C)c(OC)c1OC. The molecule has 0 N–H and O–H groups in total. The van der Waals surface area contributed by atoms with Crippen molar-refractivity contribution in [3.8, 4) is 17.2 Å². The zero-order valence-electron chi connectivity index (χ0n) is 22.1. The Morgan fingerprint density at radius 2 is 1.42 bits per heavy atom. The van der Waals surface area contributed by atoms with Gasteiger partial charge in [-0.1, -0.05) is 13.8 Å². The van der Waals surface area contributed by atoms with Gasteiger partial charge in [0.2, 0.25) is 5.75 Å². The average molecular weight is 514 g/mol. The second kappa shape index (κ2) is 12.7. The van der Waals surface area contributed by atoms with Crippen LogP contribution in [-0.4, -0.2) is 59.8 Å². The molecule has 0 aliphatic carbocycles. The van der Waals surface area contributed by atoms with Crippen molar-refractivity contribution in [1.82, 2.24) is 0 Å². The molecule has 187 valence electrons. The smallest absolute Gasteiger partial charge is 0.405 e. The molecule has 0 spiro atoms. The topological polar surface area (TPSA) is 72.5 Å². The van der Waals surface area contributed by atoms with Crippen LogP contribution in [0.25, 0.3) is 6.08 Å². The maximum Gasteiger partial charge on any atom is 0.405 e. The fraction of sp³-hybridized carbons (Fsp3) is 0.609. The number of ether oxygens (including phenoxy) is 4. The Labute approximate surface area is 203 Å². The lowest BCUT2D eigenvalue weighted by Crippen LogP contribution is -2.50. The first-order valence-electron chi connectivity index (χ1n) is 11.2. The molecule has 0 aliphatic heterocycles. The second-order valence-electron chi connectivity index (χ2n) is 10.0. The molecule has 0 fully saturated rings. The van der Waals surface area contributed by atoms with E-state index in [0.29, 0.717) is 35.3 Å². The Morgan fingerprint density at radius 1 is 0.909 bits per heavy atom. The van der Waals surface area contributed by atoms with Crippen LogP contribution < -0.4 is 19.4 Å². The molecular formula is C23H41O7Si3. The maximum atomic E-state index is 12.2. The minimum Gasteiger partial charge on any atom is -0.493 e. The molecule has 1 radical (unpaired) electrons. The van der Waals surface area contributed by atoms with Crippen molar-refractivity contribution < 1.29 is 32.0 Å². The van der Waals surface area contributed by atoms with Gasteiger partial charge in [-0.25, -0.2) is 4.79 Å². The normalized spacial score (nSPS) is 12.5. The van der Waals surface area contributed by atoms with Crippen LogP contribution in [0, 0.1) is 5.92 Å². The van der Waals surface area contributed by atoms with Gasteiger partial charge in [-0.05, 0) is 63.8 Å². The molecule has 33 heavy (non-hydrogen) atoms. The van der Waals surface area contributed by atoms with Gasteiger partial charge in [-0.15, -0.1) is 0 Å². The lowest BCUT2D eigenvalue weighted by molar-refractivity contribution is -0.137. The molecule has 0 aliphatic rings. The number of methoxy groups -OCH3 is 3. The van der Waals surface area contributed by atoms with E-state index in [1.54, 1.807) is 27.4 Å². The Kier molecular flexibility index (Phi) is 11.4. The molecule has 0 heterocycles. The molecule has 10 heteroatoms. The summed E-state index contributed by atoms with van der Waals surface area (Å²) in [7, 11) is -1.09. The number of carbonyl (C=O) groups is 1. The van der Waals surface area contributed by atoms with Crippen LogP contribution in [0.15, 0.2) is 12.1 Å². The first kappa shape index (κ1) is 29.4. The van der Waals surface area contributed by atoms with E-state index in [1.807, 2.05) is 6.07 Å². The van der Waals surface area contributed by atoms with Crippen LogP contribution >= 0.6 is 0 Å². The molecule has 0 saturated heterocycles. The highest BCUT2D eigenvalue weighted by Gasteiger charge is 2.36. The summed E-state index contributed by atoms with van der Waals surface area (Å²) >= 11 is 0. The molecule has 0 atom stereocenters. The summed E-state index contributed by atoms with van der Waals surface area (Å²) in [6, 6.07) is 1.91. The van der Waals surface area contributed by atoms with E-state index in [4.69, 9.17) is 27.2 Å². The van der Waals surface area contributed by atoms with Crippen molar-refractivity contribution in [2.24, 2.45) is 5.92 Å². The second-order valence-corrected chi connectivity index (χ2v) is 21.2. The lowest BCUT2D eigenvalue weighted by atomic mass is 10.1. The zero-order valence-corrected chi connectivity index (χ0v) is 25.1. The van der Waals surface area contributed by atoms with E-state index in [9.17, 15) is 4.79 Å². The molecule has 0 aromatic heterocycles. The monoisotopic (exact) mass is 513 g/mol. The number of esters is 1. The van der Waals surface area contributed by atoms with Crippen LogP contribution in [0.5, 0.6) is 17.2 Å². The van der Waals surface area contributed by atoms with Gasteiger partial charge < -0.3 is 27.2 Å². The molecule has 1 aromatic rings. The van der Waals surface area contributed by atoms with Crippen molar-refractivity contribution in [2.45, 2.75) is 59.6 Å². The molecule has 1 rings (SSSR count). The van der Waals surface area contributed by atoms with Crippen molar-refractivity contribution in [3.63, 3.8) is 0 Å². The summed E-state index contributed by atoms with van der Waals surface area (Å²) in [4.78, 5) is 12.2. The quantitative estimate of drug-likeness (QED) is 0.215. The van der Waals surface area contributed by atoms with Gasteiger partial charge >= 0.3 is 15.3 Å². The number of benzene rings is 1. The Bertz CT molecular complexity index is 796. The highest BCUT2D eigenvalue weighted by atomic mass is 28.4. The van der Waals surface area contributed by atoms with Crippen molar-refractivity contribution in [3.05, 3.63) is 17.7 Å². The molecule has 0 bridgehead atoms. The van der Waals surface area contributed by atoms with Gasteiger partial charge in [0, 0.05) is 16.8 Å². The number of hydrogen-bond acceptors (Lipinski definition) is 7. The Morgan fingerprint density at radius 3 is 1.85 bits per heavy atom. The van der Waals surface area contributed by atoms with Gasteiger partial charge in [-0.2, -0.15) is 0 Å². The van der Waals surface area contributed by atoms with Gasteiger partial charge in [0.05, 0.1) is 27.9 Å². The number of hydrogen-bond donors (Lipinski definition) is 0. The van der Waals surface area contributed by atoms with Crippen LogP contribution in [0.4, 0.5) is 0 Å². The summed E-state index contributed by atoms with van der Waals surface area (Å²) < 4.78 is 35.4. The van der Waals surface area contributed by atoms with Crippen LogP contribution in [0.3, 0.4) is 0 Å². The Hall–Kier alpha value is -1.60. The van der Waals surface area contributed by atoms with Crippen molar-refractivity contribution >= 4 is 43.2 Å². The van der Waals surface area contributed by atoms with Crippen LogP contribution in [-0.2, 0) is 17.8 Å². The van der Waals surface area contributed by atoms with E-state index < -0.39 is 31.9 Å². The fourth-order valence-electron chi connectivity index (χ4n) is 2.81. The molecular weight excluding hydrogens is 473 g/mol. The van der Waals surface area contributed by atoms with Gasteiger partial charge in [0.1, 0.15) is 0 Å². The number of rotatable bonds is 13. The highest BCUT2D eigenvalue weighted by Crippen LogP contribution is 2.40. The van der Waals surface area contributed by atoms with Crippen LogP contribution in [0.2, 0.25) is 39.3 Å². The summed E-state index contributed by atoms with van der Waals surface area (Å²) in [5.41, 5.74) is 0.659. The van der Waals surface area contributed by atoms with E-state index >= 15 is 0 Å². The molecule has 0 saturated carbocycles. The molecule has 7 nitrogen and oxygen atoms in total. The third-order valence-corrected chi connectivity index (χ3v) is 11.4. The van der Waals surface area contributed by atoms with Crippen molar-refractivity contribution in [1.29, 1.82) is 0 Å². The summed E-state index contributed by atoms with van der Waals surface area (Å²) in [6.07, 6.45) is 3.89. The van der Waals surface area contributed by atoms with E-state index in [1.165, 1.54) is 6.08 Å². The zero-order chi connectivity index (χ0) is 25.4. The predicted octanol–water partition coefficient (Wildman–Crippen LogP) is 4.71. The minimum atomic E-state index is -1.94. The summed E-state index contributed by atoms with van der Waals surface area (Å²) in [5, 5.41) is 0.790. The largest absolute Gasteiger partial charge is 0.493 e. The standard InChI is InChI=1S/C23H41O7Si3/c1-17(2)14-15-28-20(24)13-12-18-16-19(22(26-4)23(27-5)21(18)25-3)31(29-32(6,7)8)30-33(9,10)11/h12-13,16-17H,14-15H2,1-11H3/b13-12+. The van der Waals surface area contributed by atoms with Gasteiger partial charge in [0.15, 0.2) is 28.1 Å². The van der Waals surface area contributed by atoms with Crippen molar-refractivity contribution in [2.75, 3.05) is 27.9 Å². The van der Waals surface area contributed by atoms with Gasteiger partial charge in [-0.3, -0.25) is 0 Å². The minimum absolute atomic E-state index is 0.385. The van der Waals surface area contributed by atoms with E-state index in [-0.39, 0.29) is 0 Å². The first-order valence-corrected chi connectivity index (χ1v) is 19.3. The highest BCUT2D eigenvalue weighted by molar-refractivity contribution is 6.85. The lowest BCUT2D eigenvalue weighted by Gasteiger charge is -2.31. The summed E-state index contributed by atoms with van der Waals surface area (Å²) in [6.45, 7) is 17.3. The molecule has 1 aromatic carbocycles. The predicted molar refractivity (Wildman–Crippen MR) is 140 cm³/mol. The number of carbonyl (C=O) groups excluding carboxylic acids is 1. The summed E-state index contributed by atoms with van der Waals surface area (Å²) in [5.74, 6) is 1.49. The maximum absolute atomic E-state index is 12.2. The van der Waals surface area contributed by atoms with E-state index in [2.05, 4.69) is 53.1 Å². The van der Waals surface area contributed by atoms with Crippen LogP contribution in [0.1, 0.15) is 25.8 Å². The third kappa shape index (κ3) is 10.0. The van der Waals surface area contributed by atoms with Gasteiger partial charge in [0.25, 0.3) is 0 Å². The molecule has 0 amide bonds. The first-order chi connectivity index (χ1) is 15.2. The molecule has 0 unspecified atom stereocenters. The Balaban J connectivity index is 3.53. The third-order valence-electron chi connectivity index (χ3n) is 4.19. The van der Waals surface area contributed by atoms with E-state index in [0.717, 1.165) is 11.6 Å². The fourth-order valence-corrected chi connectivity index (χ4v) is 9.35.